The zero-order valence-electron chi connectivity index (χ0n) is 22.3. The molecule has 41 heavy (non-hydrogen) atoms. The van der Waals surface area contributed by atoms with Crippen LogP contribution in [0.15, 0.2) is 30.3 Å². The third-order valence-corrected chi connectivity index (χ3v) is 8.48. The summed E-state index contributed by atoms with van der Waals surface area (Å²) >= 11 is 7.70. The number of nitrogens with one attached hydrogen (secondary N) is 3. The number of anilines is 2. The second kappa shape index (κ2) is 13.6. The van der Waals surface area contributed by atoms with E-state index in [2.05, 4.69) is 16.0 Å². The molecule has 2 amide bonds. The van der Waals surface area contributed by atoms with Crippen LogP contribution in [0.4, 0.5) is 33.3 Å². The Morgan fingerprint density at radius 1 is 1.15 bits per heavy atom. The molecule has 0 aromatic heterocycles. The Balaban J connectivity index is 1.43. The molecular formula is C27H31ClF5N5O2S. The predicted octanol–water partition coefficient (Wildman–Crippen LogP) is 4.65. The monoisotopic (exact) mass is 619 g/mol. The van der Waals surface area contributed by atoms with Gasteiger partial charge in [-0.25, -0.2) is 8.78 Å². The minimum absolute atomic E-state index is 0.0921. The van der Waals surface area contributed by atoms with Crippen LogP contribution in [-0.2, 0) is 11.3 Å². The molecule has 0 radical (unpaired) electrons. The Kier molecular flexibility index (Phi) is 10.4. The van der Waals surface area contributed by atoms with Gasteiger partial charge in [-0.15, -0.1) is 11.8 Å². The SMILES string of the molecule is C[C@@H]1CN(CCC(F)(F)F)CCN1c1cc(Cl)ccc1NC(=O)c1ccc(CNC(=O)C2CNCCS2)c(F)c1F. The smallest absolute Gasteiger partial charge is 0.365 e. The lowest BCUT2D eigenvalue weighted by Gasteiger charge is -2.42. The van der Waals surface area contributed by atoms with Gasteiger partial charge in [0.1, 0.15) is 0 Å². The number of piperazine rings is 1. The van der Waals surface area contributed by atoms with Crippen LogP contribution < -0.4 is 20.9 Å². The average Bonchev–Trinajstić information content (AvgIpc) is 2.93. The van der Waals surface area contributed by atoms with Gasteiger partial charge in [-0.05, 0) is 31.2 Å². The fraction of sp³-hybridized carbons (Fsp3) is 0.481. The number of benzene rings is 2. The van der Waals surface area contributed by atoms with E-state index in [0.29, 0.717) is 42.6 Å². The van der Waals surface area contributed by atoms with Crippen LogP contribution in [0.1, 0.15) is 29.3 Å². The van der Waals surface area contributed by atoms with Crippen molar-refractivity contribution in [2.45, 2.75) is 37.4 Å². The first-order chi connectivity index (χ1) is 19.4. The molecule has 2 aliphatic rings. The van der Waals surface area contributed by atoms with E-state index in [-0.39, 0.29) is 35.9 Å². The standard InChI is InChI=1S/C27H31ClF5N5O2S/c1-16-15-37(8-6-27(31,32)33)9-10-38(16)21-12-18(28)3-5-20(21)36-25(39)19-4-2-17(23(29)24(19)30)13-35-26(40)22-14-34-7-11-41-22/h2-5,12,16,22,34H,6-11,13-15H2,1H3,(H,35,40)(H,36,39)/t16-,22?/m1/s1. The molecule has 2 aromatic carbocycles. The van der Waals surface area contributed by atoms with Gasteiger partial charge in [0.2, 0.25) is 5.91 Å². The Morgan fingerprint density at radius 2 is 1.93 bits per heavy atom. The number of alkyl halides is 3. The zero-order valence-corrected chi connectivity index (χ0v) is 23.9. The van der Waals surface area contributed by atoms with E-state index in [4.69, 9.17) is 11.6 Å². The van der Waals surface area contributed by atoms with Gasteiger partial charge in [0.05, 0.1) is 28.6 Å². The van der Waals surface area contributed by atoms with Crippen molar-refractivity contribution < 1.29 is 31.5 Å². The number of halogens is 6. The van der Waals surface area contributed by atoms with Crippen molar-refractivity contribution in [3.63, 3.8) is 0 Å². The summed E-state index contributed by atoms with van der Waals surface area (Å²) in [5.74, 6) is -2.97. The lowest BCUT2D eigenvalue weighted by molar-refractivity contribution is -0.138. The molecule has 2 saturated heterocycles. The van der Waals surface area contributed by atoms with Crippen molar-refractivity contribution in [2.75, 3.05) is 55.2 Å². The van der Waals surface area contributed by atoms with Crippen molar-refractivity contribution in [1.82, 2.24) is 15.5 Å². The Bertz CT molecular complexity index is 1260. The van der Waals surface area contributed by atoms with E-state index < -0.39 is 35.7 Å². The highest BCUT2D eigenvalue weighted by atomic mass is 35.5. The molecule has 224 valence electrons. The maximum absolute atomic E-state index is 15.0. The van der Waals surface area contributed by atoms with Crippen LogP contribution in [-0.4, -0.2) is 79.2 Å². The van der Waals surface area contributed by atoms with Crippen molar-refractivity contribution in [3.8, 4) is 0 Å². The van der Waals surface area contributed by atoms with Crippen LogP contribution >= 0.6 is 23.4 Å². The molecule has 7 nitrogen and oxygen atoms in total. The van der Waals surface area contributed by atoms with E-state index in [1.54, 1.807) is 11.0 Å². The van der Waals surface area contributed by atoms with Crippen LogP contribution in [0.3, 0.4) is 0 Å². The summed E-state index contributed by atoms with van der Waals surface area (Å²) in [4.78, 5) is 29.0. The van der Waals surface area contributed by atoms with Gasteiger partial charge in [-0.1, -0.05) is 17.7 Å². The van der Waals surface area contributed by atoms with Gasteiger partial charge >= 0.3 is 6.18 Å². The quantitative estimate of drug-likeness (QED) is 0.374. The molecule has 0 spiro atoms. The van der Waals surface area contributed by atoms with Gasteiger partial charge in [-0.3, -0.25) is 14.5 Å². The van der Waals surface area contributed by atoms with Gasteiger partial charge in [0, 0.05) is 68.2 Å². The van der Waals surface area contributed by atoms with Crippen molar-refractivity contribution >= 4 is 46.6 Å². The Morgan fingerprint density at radius 3 is 2.61 bits per heavy atom. The molecule has 0 saturated carbocycles. The summed E-state index contributed by atoms with van der Waals surface area (Å²) in [5, 5.41) is 8.39. The number of hydrogen-bond donors (Lipinski definition) is 3. The lowest BCUT2D eigenvalue weighted by atomic mass is 10.1. The van der Waals surface area contributed by atoms with Crippen molar-refractivity contribution in [1.29, 1.82) is 0 Å². The third-order valence-electron chi connectivity index (χ3n) is 7.02. The number of thioether (sulfide) groups is 1. The van der Waals surface area contributed by atoms with Crippen LogP contribution in [0.25, 0.3) is 0 Å². The van der Waals surface area contributed by atoms with Gasteiger partial charge < -0.3 is 20.9 Å². The Hall–Kier alpha value is -2.61. The normalized spacial score (nSPS) is 20.1. The summed E-state index contributed by atoms with van der Waals surface area (Å²) in [7, 11) is 0. The molecular weight excluding hydrogens is 589 g/mol. The number of nitrogens with zero attached hydrogens (tertiary/aromatic N) is 2. The first-order valence-corrected chi connectivity index (χ1v) is 14.6. The van der Waals surface area contributed by atoms with E-state index >= 15 is 0 Å². The second-order valence-electron chi connectivity index (χ2n) is 10.0. The fourth-order valence-electron chi connectivity index (χ4n) is 4.85. The largest absolute Gasteiger partial charge is 0.390 e. The highest BCUT2D eigenvalue weighted by molar-refractivity contribution is 8.00. The summed E-state index contributed by atoms with van der Waals surface area (Å²) < 4.78 is 67.9. The molecule has 0 aliphatic carbocycles. The molecule has 2 atom stereocenters. The topological polar surface area (TPSA) is 76.7 Å². The number of carbonyl (C=O) groups is 2. The van der Waals surface area contributed by atoms with E-state index in [1.807, 2.05) is 11.8 Å². The number of carbonyl (C=O) groups excluding carboxylic acids is 2. The van der Waals surface area contributed by atoms with E-state index in [9.17, 15) is 31.5 Å². The van der Waals surface area contributed by atoms with E-state index in [1.165, 1.54) is 30.0 Å². The molecule has 0 bridgehead atoms. The minimum atomic E-state index is -4.24. The highest BCUT2D eigenvalue weighted by Gasteiger charge is 2.31. The molecule has 4 rings (SSSR count). The Labute approximate surface area is 244 Å². The molecule has 2 aromatic rings. The molecule has 2 fully saturated rings. The number of rotatable bonds is 8. The number of amides is 2. The van der Waals surface area contributed by atoms with Crippen LogP contribution in [0.5, 0.6) is 0 Å². The molecule has 2 heterocycles. The maximum Gasteiger partial charge on any atom is 0.390 e. The summed E-state index contributed by atoms with van der Waals surface area (Å²) in [5.41, 5.74) is 0.204. The first-order valence-electron chi connectivity index (χ1n) is 13.2. The fourth-order valence-corrected chi connectivity index (χ4v) is 6.03. The van der Waals surface area contributed by atoms with Crippen LogP contribution in [0.2, 0.25) is 5.02 Å². The third kappa shape index (κ3) is 8.24. The maximum atomic E-state index is 15.0. The van der Waals surface area contributed by atoms with Crippen molar-refractivity contribution in [3.05, 3.63) is 58.1 Å². The van der Waals surface area contributed by atoms with E-state index in [0.717, 1.165) is 18.4 Å². The van der Waals surface area contributed by atoms with Gasteiger partial charge in [0.15, 0.2) is 11.6 Å². The average molecular weight is 620 g/mol. The first kappa shape index (κ1) is 31.3. The predicted molar refractivity (Wildman–Crippen MR) is 151 cm³/mol. The summed E-state index contributed by atoms with van der Waals surface area (Å²) in [6.45, 7) is 3.92. The highest BCUT2D eigenvalue weighted by Crippen LogP contribution is 2.33. The lowest BCUT2D eigenvalue weighted by Crippen LogP contribution is -2.52. The van der Waals surface area contributed by atoms with Crippen LogP contribution in [0, 0.1) is 11.6 Å². The van der Waals surface area contributed by atoms with Gasteiger partial charge in [0.25, 0.3) is 5.91 Å². The van der Waals surface area contributed by atoms with Crippen molar-refractivity contribution in [2.24, 2.45) is 0 Å². The van der Waals surface area contributed by atoms with Gasteiger partial charge in [-0.2, -0.15) is 13.2 Å². The zero-order chi connectivity index (χ0) is 29.7. The number of hydrogen-bond acceptors (Lipinski definition) is 6. The minimum Gasteiger partial charge on any atom is -0.365 e. The molecule has 14 heteroatoms. The molecule has 1 unspecified atom stereocenters. The summed E-state index contributed by atoms with van der Waals surface area (Å²) in [6.07, 6.45) is -5.14. The summed E-state index contributed by atoms with van der Waals surface area (Å²) in [6, 6.07) is 6.89. The molecule has 2 aliphatic heterocycles. The molecule has 3 N–H and O–H groups in total. The second-order valence-corrected chi connectivity index (χ2v) is 11.8.